The van der Waals surface area contributed by atoms with Crippen molar-refractivity contribution < 1.29 is 24.1 Å². The van der Waals surface area contributed by atoms with Crippen LogP contribution in [0.4, 0.5) is 14.9 Å². The number of halogens is 1. The third kappa shape index (κ3) is 3.48. The van der Waals surface area contributed by atoms with Crippen molar-refractivity contribution in [1.29, 1.82) is 0 Å². The number of amides is 1. The maximum absolute atomic E-state index is 14.6. The maximum Gasteiger partial charge on any atom is 0.404 e. The standard InChI is InChI=1S/C17H21FN4O4/c1-22(12-6-3-9(7-13(12)23)20-17(24)25)16-10(18)4-5-11-15(16)19-8-14(21-11)26-2/h4-5,8-9,12-13,20,23H,3,6-7H2,1-2H3,(H,24,25)/t9?,12-,13+/m0/s1. The molecule has 0 saturated heterocycles. The van der Waals surface area contributed by atoms with Crippen LogP contribution in [0.3, 0.4) is 0 Å². The Labute approximate surface area is 149 Å². The Morgan fingerprint density at radius 2 is 2.19 bits per heavy atom. The fourth-order valence-electron chi connectivity index (χ4n) is 3.52. The first kappa shape index (κ1) is 18.1. The second-order valence-electron chi connectivity index (χ2n) is 6.38. The minimum absolute atomic E-state index is 0.256. The van der Waals surface area contributed by atoms with E-state index in [1.54, 1.807) is 11.9 Å². The Hall–Kier alpha value is -2.68. The number of ether oxygens (including phenoxy) is 1. The molecule has 0 radical (unpaired) electrons. The molecule has 3 atom stereocenters. The van der Waals surface area contributed by atoms with Crippen molar-refractivity contribution in [3.05, 3.63) is 24.1 Å². The first-order valence-corrected chi connectivity index (χ1v) is 8.30. The van der Waals surface area contributed by atoms with Crippen molar-refractivity contribution in [2.75, 3.05) is 19.1 Å². The van der Waals surface area contributed by atoms with Crippen LogP contribution in [0.2, 0.25) is 0 Å². The molecule has 1 aliphatic rings. The Morgan fingerprint density at radius 1 is 1.42 bits per heavy atom. The van der Waals surface area contributed by atoms with Crippen molar-refractivity contribution in [1.82, 2.24) is 15.3 Å². The molecule has 3 N–H and O–H groups in total. The number of carbonyl (C=O) groups is 1. The number of fused-ring (bicyclic) bond motifs is 1. The number of methoxy groups -OCH3 is 1. The molecule has 8 nitrogen and oxygen atoms in total. The van der Waals surface area contributed by atoms with Crippen molar-refractivity contribution in [2.45, 2.75) is 37.5 Å². The van der Waals surface area contributed by atoms with Gasteiger partial charge in [-0.3, -0.25) is 0 Å². The number of aromatic nitrogens is 2. The van der Waals surface area contributed by atoms with Crippen LogP contribution >= 0.6 is 0 Å². The molecule has 1 amide bonds. The summed E-state index contributed by atoms with van der Waals surface area (Å²) in [7, 11) is 3.18. The number of carboxylic acid groups (broad SMARTS) is 1. The first-order valence-electron chi connectivity index (χ1n) is 8.30. The number of nitrogens with one attached hydrogen (secondary N) is 1. The topological polar surface area (TPSA) is 108 Å². The number of benzene rings is 1. The van der Waals surface area contributed by atoms with Gasteiger partial charge in [0, 0.05) is 13.1 Å². The Morgan fingerprint density at radius 3 is 2.85 bits per heavy atom. The molecule has 0 spiro atoms. The van der Waals surface area contributed by atoms with E-state index in [-0.39, 0.29) is 24.2 Å². The van der Waals surface area contributed by atoms with Crippen LogP contribution in [-0.2, 0) is 0 Å². The molecule has 1 aliphatic carbocycles. The molecule has 140 valence electrons. The van der Waals surface area contributed by atoms with Gasteiger partial charge in [0.15, 0.2) is 0 Å². The molecular weight excluding hydrogens is 343 g/mol. The van der Waals surface area contributed by atoms with E-state index in [4.69, 9.17) is 9.84 Å². The maximum atomic E-state index is 14.6. The Kier molecular flexibility index (Phi) is 5.08. The van der Waals surface area contributed by atoms with Gasteiger partial charge in [-0.1, -0.05) is 0 Å². The molecule has 1 heterocycles. The molecular formula is C17H21FN4O4. The van der Waals surface area contributed by atoms with Gasteiger partial charge in [0.2, 0.25) is 5.88 Å². The van der Waals surface area contributed by atoms with E-state index >= 15 is 0 Å². The molecule has 1 aromatic heterocycles. The van der Waals surface area contributed by atoms with E-state index in [0.29, 0.717) is 29.8 Å². The number of aliphatic hydroxyl groups is 1. The number of hydrogen-bond acceptors (Lipinski definition) is 6. The zero-order valence-corrected chi connectivity index (χ0v) is 14.5. The number of aliphatic hydroxyl groups excluding tert-OH is 1. The van der Waals surface area contributed by atoms with Gasteiger partial charge >= 0.3 is 6.09 Å². The molecule has 1 saturated carbocycles. The van der Waals surface area contributed by atoms with Gasteiger partial charge in [-0.25, -0.2) is 19.2 Å². The van der Waals surface area contributed by atoms with Crippen LogP contribution in [0.15, 0.2) is 18.3 Å². The highest BCUT2D eigenvalue weighted by Crippen LogP contribution is 2.33. The van der Waals surface area contributed by atoms with Crippen molar-refractivity contribution in [2.24, 2.45) is 0 Å². The summed E-state index contributed by atoms with van der Waals surface area (Å²) in [5, 5.41) is 21.7. The lowest BCUT2D eigenvalue weighted by Crippen LogP contribution is -2.50. The van der Waals surface area contributed by atoms with Gasteiger partial charge in [0.25, 0.3) is 0 Å². The van der Waals surface area contributed by atoms with Gasteiger partial charge in [-0.05, 0) is 31.4 Å². The number of anilines is 1. The quantitative estimate of drug-likeness (QED) is 0.759. The Bertz CT molecular complexity index is 819. The first-order chi connectivity index (χ1) is 12.4. The van der Waals surface area contributed by atoms with Gasteiger partial charge in [0.1, 0.15) is 17.0 Å². The molecule has 0 aliphatic heterocycles. The summed E-state index contributed by atoms with van der Waals surface area (Å²) in [6.07, 6.45) is 0.854. The summed E-state index contributed by atoms with van der Waals surface area (Å²) in [5.74, 6) is -0.129. The minimum Gasteiger partial charge on any atom is -0.480 e. The monoisotopic (exact) mass is 364 g/mol. The zero-order valence-electron chi connectivity index (χ0n) is 14.5. The summed E-state index contributed by atoms with van der Waals surface area (Å²) in [6, 6.07) is 2.17. The van der Waals surface area contributed by atoms with E-state index in [0.717, 1.165) is 0 Å². The summed E-state index contributed by atoms with van der Waals surface area (Å²) >= 11 is 0. The fourth-order valence-corrected chi connectivity index (χ4v) is 3.52. The van der Waals surface area contributed by atoms with E-state index in [1.165, 1.54) is 25.4 Å². The number of rotatable bonds is 4. The molecule has 1 aromatic carbocycles. The highest BCUT2D eigenvalue weighted by atomic mass is 19.1. The van der Waals surface area contributed by atoms with Crippen molar-refractivity contribution in [3.63, 3.8) is 0 Å². The fraction of sp³-hybridized carbons (Fsp3) is 0.471. The number of nitrogens with zero attached hydrogens (tertiary/aromatic N) is 3. The van der Waals surface area contributed by atoms with E-state index in [2.05, 4.69) is 15.3 Å². The van der Waals surface area contributed by atoms with Crippen LogP contribution in [0.25, 0.3) is 11.0 Å². The molecule has 1 fully saturated rings. The lowest BCUT2D eigenvalue weighted by molar-refractivity contribution is 0.0881. The van der Waals surface area contributed by atoms with Crippen LogP contribution in [0, 0.1) is 5.82 Å². The molecule has 3 rings (SSSR count). The SMILES string of the molecule is COc1cnc2c(N(C)[C@H]3CCC(NC(=O)O)C[C@H]3O)c(F)ccc2n1. The summed E-state index contributed by atoms with van der Waals surface area (Å²) < 4.78 is 19.6. The predicted octanol–water partition coefficient (Wildman–Crippen LogP) is 1.76. The third-order valence-corrected chi connectivity index (χ3v) is 4.78. The average Bonchev–Trinajstić information content (AvgIpc) is 2.60. The van der Waals surface area contributed by atoms with E-state index in [9.17, 15) is 14.3 Å². The minimum atomic E-state index is -1.11. The van der Waals surface area contributed by atoms with Crippen LogP contribution < -0.4 is 15.0 Å². The van der Waals surface area contributed by atoms with Crippen LogP contribution in [0.1, 0.15) is 19.3 Å². The molecule has 26 heavy (non-hydrogen) atoms. The normalized spacial score (nSPS) is 22.8. The summed E-state index contributed by atoms with van der Waals surface area (Å²) in [5.41, 5.74) is 1.13. The van der Waals surface area contributed by atoms with Crippen molar-refractivity contribution >= 4 is 22.8 Å². The number of likely N-dealkylation sites (N-methyl/N-ethyl adjacent to an activating group) is 1. The van der Waals surface area contributed by atoms with Crippen LogP contribution in [-0.4, -0.2) is 58.6 Å². The van der Waals surface area contributed by atoms with Gasteiger partial charge < -0.3 is 25.2 Å². The van der Waals surface area contributed by atoms with E-state index < -0.39 is 18.0 Å². The van der Waals surface area contributed by atoms with Crippen molar-refractivity contribution in [3.8, 4) is 5.88 Å². The van der Waals surface area contributed by atoms with Crippen LogP contribution in [0.5, 0.6) is 5.88 Å². The molecule has 2 aromatic rings. The zero-order chi connectivity index (χ0) is 18.8. The third-order valence-electron chi connectivity index (χ3n) is 4.78. The van der Waals surface area contributed by atoms with Gasteiger partial charge in [-0.2, -0.15) is 0 Å². The van der Waals surface area contributed by atoms with E-state index in [1.807, 2.05) is 0 Å². The van der Waals surface area contributed by atoms with Gasteiger partial charge in [-0.15, -0.1) is 0 Å². The molecule has 9 heteroatoms. The number of hydrogen-bond donors (Lipinski definition) is 3. The average molecular weight is 364 g/mol. The van der Waals surface area contributed by atoms with Gasteiger partial charge in [0.05, 0.1) is 31.0 Å². The second-order valence-corrected chi connectivity index (χ2v) is 6.38. The second kappa shape index (κ2) is 7.28. The highest BCUT2D eigenvalue weighted by molar-refractivity contribution is 5.88. The highest BCUT2D eigenvalue weighted by Gasteiger charge is 2.34. The Balaban J connectivity index is 1.89. The predicted molar refractivity (Wildman–Crippen MR) is 93.0 cm³/mol. The molecule has 1 unspecified atom stereocenters. The smallest absolute Gasteiger partial charge is 0.404 e. The molecule has 0 bridgehead atoms. The lowest BCUT2D eigenvalue weighted by atomic mass is 9.87. The summed E-state index contributed by atoms with van der Waals surface area (Å²) in [4.78, 5) is 21.0. The lowest BCUT2D eigenvalue weighted by Gasteiger charge is -2.39. The largest absolute Gasteiger partial charge is 0.480 e. The summed E-state index contributed by atoms with van der Waals surface area (Å²) in [6.45, 7) is 0.